The molecule has 0 aliphatic carbocycles. The molecule has 0 aliphatic heterocycles. The Kier molecular flexibility index (Phi) is 5.28. The van der Waals surface area contributed by atoms with Gasteiger partial charge in [-0.25, -0.2) is 0 Å². The van der Waals surface area contributed by atoms with Crippen molar-refractivity contribution >= 4 is 0 Å². The molecule has 90 valence electrons. The lowest BCUT2D eigenvalue weighted by Gasteiger charge is -2.07. The highest BCUT2D eigenvalue weighted by Crippen LogP contribution is 2.26. The molecule has 0 spiro atoms. The topological polar surface area (TPSA) is 9.23 Å². The molecule has 2 aromatic rings. The predicted octanol–water partition coefficient (Wildman–Crippen LogP) is 4.70. The fourth-order valence-corrected chi connectivity index (χ4v) is 1.69. The van der Waals surface area contributed by atoms with Gasteiger partial charge in [0.05, 0.1) is 7.11 Å². The zero-order valence-corrected chi connectivity index (χ0v) is 11.0. The van der Waals surface area contributed by atoms with Crippen LogP contribution in [-0.4, -0.2) is 7.11 Å². The van der Waals surface area contributed by atoms with Gasteiger partial charge < -0.3 is 4.74 Å². The monoisotopic (exact) mass is 228 g/mol. The van der Waals surface area contributed by atoms with Crippen LogP contribution in [-0.2, 0) is 0 Å². The van der Waals surface area contributed by atoms with Crippen LogP contribution in [0.1, 0.15) is 19.4 Å². The molecule has 0 unspecified atom stereocenters. The Morgan fingerprint density at radius 3 is 2.24 bits per heavy atom. The van der Waals surface area contributed by atoms with Crippen molar-refractivity contribution in [3.63, 3.8) is 0 Å². The fourth-order valence-electron chi connectivity index (χ4n) is 1.69. The van der Waals surface area contributed by atoms with Crippen LogP contribution in [0.25, 0.3) is 11.1 Å². The van der Waals surface area contributed by atoms with Crippen LogP contribution >= 0.6 is 0 Å². The lowest BCUT2D eigenvalue weighted by molar-refractivity contribution is 0.415. The summed E-state index contributed by atoms with van der Waals surface area (Å²) in [4.78, 5) is 0. The van der Waals surface area contributed by atoms with Gasteiger partial charge in [0, 0.05) is 0 Å². The van der Waals surface area contributed by atoms with Crippen molar-refractivity contribution in [1.82, 2.24) is 0 Å². The highest BCUT2D eigenvalue weighted by molar-refractivity contribution is 5.68. The maximum Gasteiger partial charge on any atom is 0.119 e. The van der Waals surface area contributed by atoms with E-state index >= 15 is 0 Å². The second-order valence-electron chi connectivity index (χ2n) is 3.55. The largest absolute Gasteiger partial charge is 0.497 e. The molecule has 0 saturated heterocycles. The molecule has 0 aromatic heterocycles. The molecule has 0 radical (unpaired) electrons. The van der Waals surface area contributed by atoms with E-state index in [1.165, 1.54) is 16.7 Å². The van der Waals surface area contributed by atoms with E-state index in [1.54, 1.807) is 7.11 Å². The smallest absolute Gasteiger partial charge is 0.119 e. The van der Waals surface area contributed by atoms with Gasteiger partial charge in [0.2, 0.25) is 0 Å². The first kappa shape index (κ1) is 13.3. The number of aryl methyl sites for hydroxylation is 1. The second kappa shape index (κ2) is 6.74. The van der Waals surface area contributed by atoms with E-state index in [2.05, 4.69) is 43.3 Å². The Hall–Kier alpha value is -1.76. The molecule has 0 N–H and O–H groups in total. The van der Waals surface area contributed by atoms with E-state index in [1.807, 2.05) is 26.0 Å². The van der Waals surface area contributed by atoms with Crippen molar-refractivity contribution in [3.05, 3.63) is 54.1 Å². The predicted molar refractivity (Wildman–Crippen MR) is 74.5 cm³/mol. The lowest BCUT2D eigenvalue weighted by atomic mass is 10.0. The summed E-state index contributed by atoms with van der Waals surface area (Å²) in [5, 5.41) is 0. The van der Waals surface area contributed by atoms with E-state index in [4.69, 9.17) is 4.74 Å². The third-order valence-corrected chi connectivity index (χ3v) is 2.53. The molecule has 0 aliphatic rings. The number of benzene rings is 2. The van der Waals surface area contributed by atoms with Crippen molar-refractivity contribution in [2.24, 2.45) is 0 Å². The van der Waals surface area contributed by atoms with Gasteiger partial charge in [0.15, 0.2) is 0 Å². The minimum absolute atomic E-state index is 0.899. The standard InChI is InChI=1S/C14H14O.C2H6/c1-11-6-3-4-9-14(11)12-7-5-8-13(10-12)15-2;1-2/h3-10H,1-2H3;1-2H3. The maximum absolute atomic E-state index is 5.22. The van der Waals surface area contributed by atoms with Gasteiger partial charge in [0.25, 0.3) is 0 Å². The highest BCUT2D eigenvalue weighted by Gasteiger charge is 2.01. The quantitative estimate of drug-likeness (QED) is 0.724. The van der Waals surface area contributed by atoms with Crippen molar-refractivity contribution in [3.8, 4) is 16.9 Å². The second-order valence-corrected chi connectivity index (χ2v) is 3.55. The third kappa shape index (κ3) is 3.35. The molecular formula is C16H20O. The molecule has 2 rings (SSSR count). The van der Waals surface area contributed by atoms with Crippen LogP contribution in [0.4, 0.5) is 0 Å². The third-order valence-electron chi connectivity index (χ3n) is 2.53. The van der Waals surface area contributed by atoms with Crippen LogP contribution < -0.4 is 4.74 Å². The minimum atomic E-state index is 0.899. The fraction of sp³-hybridized carbons (Fsp3) is 0.250. The maximum atomic E-state index is 5.22. The zero-order chi connectivity index (χ0) is 12.7. The first-order chi connectivity index (χ1) is 8.31. The van der Waals surface area contributed by atoms with E-state index in [0.717, 1.165) is 5.75 Å². The van der Waals surface area contributed by atoms with Gasteiger partial charge in [-0.3, -0.25) is 0 Å². The Labute approximate surface area is 104 Å². The molecule has 0 bridgehead atoms. The average molecular weight is 228 g/mol. The molecule has 0 heterocycles. The van der Waals surface area contributed by atoms with Gasteiger partial charge in [-0.2, -0.15) is 0 Å². The van der Waals surface area contributed by atoms with Crippen molar-refractivity contribution in [2.45, 2.75) is 20.8 Å². The minimum Gasteiger partial charge on any atom is -0.497 e. The highest BCUT2D eigenvalue weighted by atomic mass is 16.5. The van der Waals surface area contributed by atoms with Crippen molar-refractivity contribution in [1.29, 1.82) is 0 Å². The lowest BCUT2D eigenvalue weighted by Crippen LogP contribution is -1.85. The molecule has 1 heteroatoms. The summed E-state index contributed by atoms with van der Waals surface area (Å²) in [7, 11) is 1.69. The Morgan fingerprint density at radius 1 is 0.882 bits per heavy atom. The number of hydrogen-bond donors (Lipinski definition) is 0. The van der Waals surface area contributed by atoms with Gasteiger partial charge in [-0.1, -0.05) is 50.2 Å². The van der Waals surface area contributed by atoms with Crippen molar-refractivity contribution in [2.75, 3.05) is 7.11 Å². The molecule has 1 nitrogen and oxygen atoms in total. The summed E-state index contributed by atoms with van der Waals surface area (Å²) in [6.07, 6.45) is 0. The Morgan fingerprint density at radius 2 is 1.59 bits per heavy atom. The molecule has 0 atom stereocenters. The van der Waals surface area contributed by atoms with E-state index in [0.29, 0.717) is 0 Å². The van der Waals surface area contributed by atoms with Crippen LogP contribution in [0.2, 0.25) is 0 Å². The summed E-state index contributed by atoms with van der Waals surface area (Å²) < 4.78 is 5.22. The number of methoxy groups -OCH3 is 1. The van der Waals surface area contributed by atoms with Crippen molar-refractivity contribution < 1.29 is 4.74 Å². The first-order valence-electron chi connectivity index (χ1n) is 6.01. The molecule has 17 heavy (non-hydrogen) atoms. The summed E-state index contributed by atoms with van der Waals surface area (Å²) in [6.45, 7) is 6.12. The molecule has 0 saturated carbocycles. The number of ether oxygens (including phenoxy) is 1. The summed E-state index contributed by atoms with van der Waals surface area (Å²) in [6, 6.07) is 16.5. The van der Waals surface area contributed by atoms with Gasteiger partial charge in [-0.15, -0.1) is 0 Å². The molecular weight excluding hydrogens is 208 g/mol. The van der Waals surface area contributed by atoms with E-state index < -0.39 is 0 Å². The first-order valence-corrected chi connectivity index (χ1v) is 6.01. The molecule has 0 fully saturated rings. The molecule has 0 amide bonds. The van der Waals surface area contributed by atoms with Crippen LogP contribution in [0, 0.1) is 6.92 Å². The van der Waals surface area contributed by atoms with Gasteiger partial charge in [0.1, 0.15) is 5.75 Å². The van der Waals surface area contributed by atoms with Crippen LogP contribution in [0.15, 0.2) is 48.5 Å². The summed E-state index contributed by atoms with van der Waals surface area (Å²) >= 11 is 0. The summed E-state index contributed by atoms with van der Waals surface area (Å²) in [5.41, 5.74) is 3.75. The Bertz CT molecular complexity index is 461. The van der Waals surface area contributed by atoms with E-state index in [-0.39, 0.29) is 0 Å². The summed E-state index contributed by atoms with van der Waals surface area (Å²) in [5.74, 6) is 0.899. The number of hydrogen-bond acceptors (Lipinski definition) is 1. The van der Waals surface area contributed by atoms with Gasteiger partial charge >= 0.3 is 0 Å². The van der Waals surface area contributed by atoms with Gasteiger partial charge in [-0.05, 0) is 35.7 Å². The normalized spacial score (nSPS) is 9.18. The molecule has 2 aromatic carbocycles. The van der Waals surface area contributed by atoms with Crippen LogP contribution in [0.3, 0.4) is 0 Å². The van der Waals surface area contributed by atoms with Crippen LogP contribution in [0.5, 0.6) is 5.75 Å². The average Bonchev–Trinajstić information content (AvgIpc) is 2.42. The Balaban J connectivity index is 0.000000686. The SMILES string of the molecule is CC.COc1cccc(-c2ccccc2C)c1. The van der Waals surface area contributed by atoms with E-state index in [9.17, 15) is 0 Å². The zero-order valence-electron chi connectivity index (χ0n) is 11.0. The number of rotatable bonds is 2.